The molecule has 0 spiro atoms. The third kappa shape index (κ3) is 6.03. The maximum Gasteiger partial charge on any atom is 0.234 e. The summed E-state index contributed by atoms with van der Waals surface area (Å²) in [4.78, 5) is 26.9. The van der Waals surface area contributed by atoms with Crippen LogP contribution in [0.1, 0.15) is 51.0 Å². The molecule has 1 aromatic carbocycles. The lowest BCUT2D eigenvalue weighted by Crippen LogP contribution is -2.48. The van der Waals surface area contributed by atoms with Crippen molar-refractivity contribution in [2.45, 2.75) is 58.0 Å². The van der Waals surface area contributed by atoms with Gasteiger partial charge in [-0.05, 0) is 62.4 Å². The third-order valence-electron chi connectivity index (χ3n) is 6.16. The van der Waals surface area contributed by atoms with Crippen LogP contribution in [-0.4, -0.2) is 42.4 Å². The number of nitrogens with zero attached hydrogens (tertiary/aromatic N) is 1. The van der Waals surface area contributed by atoms with E-state index in [2.05, 4.69) is 22.5 Å². The number of carbonyl (C=O) groups excluding carboxylic acids is 2. The maximum absolute atomic E-state index is 12.9. The number of likely N-dealkylation sites (tertiary alicyclic amines) is 1. The van der Waals surface area contributed by atoms with E-state index in [1.54, 1.807) is 12.1 Å². The van der Waals surface area contributed by atoms with E-state index in [9.17, 15) is 14.0 Å². The Kier molecular flexibility index (Phi) is 7.43. The fourth-order valence-corrected chi connectivity index (χ4v) is 4.28. The van der Waals surface area contributed by atoms with Gasteiger partial charge < -0.3 is 10.6 Å². The first kappa shape index (κ1) is 20.8. The van der Waals surface area contributed by atoms with Crippen molar-refractivity contribution in [2.75, 3.05) is 19.6 Å². The van der Waals surface area contributed by atoms with E-state index in [1.165, 1.54) is 31.4 Å². The molecule has 3 rings (SSSR count). The molecular weight excluding hydrogens is 357 g/mol. The normalized spacial score (nSPS) is 23.9. The largest absolute Gasteiger partial charge is 0.352 e. The predicted molar refractivity (Wildman–Crippen MR) is 107 cm³/mol. The number of carbonyl (C=O) groups is 2. The number of halogens is 1. The Morgan fingerprint density at radius 3 is 2.43 bits per heavy atom. The number of hydrogen-bond acceptors (Lipinski definition) is 3. The monoisotopic (exact) mass is 389 g/mol. The van der Waals surface area contributed by atoms with Gasteiger partial charge in [0.05, 0.1) is 6.54 Å². The average molecular weight is 390 g/mol. The fraction of sp³-hybridized carbons (Fsp3) is 0.636. The number of benzene rings is 1. The quantitative estimate of drug-likeness (QED) is 0.787. The molecular formula is C22H32FN3O2. The van der Waals surface area contributed by atoms with Gasteiger partial charge in [0.15, 0.2) is 0 Å². The highest BCUT2D eigenvalue weighted by molar-refractivity contribution is 5.79. The van der Waals surface area contributed by atoms with E-state index in [-0.39, 0.29) is 23.5 Å². The number of amides is 2. The van der Waals surface area contributed by atoms with Gasteiger partial charge in [-0.3, -0.25) is 14.5 Å². The van der Waals surface area contributed by atoms with E-state index in [0.717, 1.165) is 37.9 Å². The van der Waals surface area contributed by atoms with Crippen LogP contribution in [0.25, 0.3) is 0 Å². The van der Waals surface area contributed by atoms with Crippen molar-refractivity contribution in [3.8, 4) is 0 Å². The minimum atomic E-state index is -0.274. The van der Waals surface area contributed by atoms with Crippen LogP contribution in [0.3, 0.4) is 0 Å². The van der Waals surface area contributed by atoms with Gasteiger partial charge in [0.25, 0.3) is 0 Å². The SMILES string of the molecule is CC1CCCCC1NC(=O)CN1CCC(C(=O)NCc2ccc(F)cc2)CC1. The molecule has 2 aliphatic rings. The molecule has 28 heavy (non-hydrogen) atoms. The molecule has 154 valence electrons. The van der Waals surface area contributed by atoms with E-state index < -0.39 is 0 Å². The van der Waals surface area contributed by atoms with Crippen molar-refractivity contribution >= 4 is 11.8 Å². The first-order valence-corrected chi connectivity index (χ1v) is 10.5. The zero-order valence-corrected chi connectivity index (χ0v) is 16.8. The summed E-state index contributed by atoms with van der Waals surface area (Å²) in [6.07, 6.45) is 6.29. The van der Waals surface area contributed by atoms with Crippen LogP contribution in [0.2, 0.25) is 0 Å². The lowest BCUT2D eigenvalue weighted by atomic mass is 9.86. The Labute approximate surface area is 167 Å². The zero-order valence-electron chi connectivity index (χ0n) is 16.8. The van der Waals surface area contributed by atoms with Crippen molar-refractivity contribution in [1.82, 2.24) is 15.5 Å². The van der Waals surface area contributed by atoms with Gasteiger partial charge in [-0.25, -0.2) is 4.39 Å². The highest BCUT2D eigenvalue weighted by Crippen LogP contribution is 2.24. The van der Waals surface area contributed by atoms with Crippen LogP contribution in [0.15, 0.2) is 24.3 Å². The third-order valence-corrected chi connectivity index (χ3v) is 6.16. The summed E-state index contributed by atoms with van der Waals surface area (Å²) in [5.74, 6) is 0.429. The molecule has 0 aromatic heterocycles. The Morgan fingerprint density at radius 2 is 1.75 bits per heavy atom. The summed E-state index contributed by atoms with van der Waals surface area (Å²) in [6, 6.07) is 6.49. The Bertz CT molecular complexity index is 656. The molecule has 1 aliphatic heterocycles. The minimum Gasteiger partial charge on any atom is -0.352 e. The molecule has 0 radical (unpaired) electrons. The Balaban J connectivity index is 1.36. The first-order valence-electron chi connectivity index (χ1n) is 10.5. The summed E-state index contributed by atoms with van der Waals surface area (Å²) in [5.41, 5.74) is 0.890. The molecule has 1 aromatic rings. The second-order valence-corrected chi connectivity index (χ2v) is 8.33. The molecule has 2 amide bonds. The van der Waals surface area contributed by atoms with Crippen molar-refractivity contribution in [3.63, 3.8) is 0 Å². The molecule has 5 nitrogen and oxygen atoms in total. The van der Waals surface area contributed by atoms with Crippen molar-refractivity contribution in [3.05, 3.63) is 35.6 Å². The highest BCUT2D eigenvalue weighted by Gasteiger charge is 2.27. The molecule has 0 bridgehead atoms. The smallest absolute Gasteiger partial charge is 0.234 e. The van der Waals surface area contributed by atoms with Crippen LogP contribution in [0.5, 0.6) is 0 Å². The molecule has 1 saturated heterocycles. The van der Waals surface area contributed by atoms with Gasteiger partial charge in [-0.1, -0.05) is 31.9 Å². The summed E-state index contributed by atoms with van der Waals surface area (Å²) in [7, 11) is 0. The van der Waals surface area contributed by atoms with Gasteiger partial charge in [0, 0.05) is 18.5 Å². The van der Waals surface area contributed by atoms with Gasteiger partial charge in [0.2, 0.25) is 11.8 Å². The summed E-state index contributed by atoms with van der Waals surface area (Å²) in [6.45, 7) is 4.60. The molecule has 2 fully saturated rings. The Morgan fingerprint density at radius 1 is 1.07 bits per heavy atom. The lowest BCUT2D eigenvalue weighted by molar-refractivity contribution is -0.127. The predicted octanol–water partition coefficient (Wildman–Crippen LogP) is 2.85. The molecule has 1 saturated carbocycles. The van der Waals surface area contributed by atoms with Crippen molar-refractivity contribution < 1.29 is 14.0 Å². The molecule has 6 heteroatoms. The maximum atomic E-state index is 12.9. The van der Waals surface area contributed by atoms with Crippen molar-refractivity contribution in [2.24, 2.45) is 11.8 Å². The second-order valence-electron chi connectivity index (χ2n) is 8.33. The topological polar surface area (TPSA) is 61.4 Å². The first-order chi connectivity index (χ1) is 13.5. The zero-order chi connectivity index (χ0) is 19.9. The van der Waals surface area contributed by atoms with Gasteiger partial charge in [0.1, 0.15) is 5.82 Å². The molecule has 2 atom stereocenters. The minimum absolute atomic E-state index is 0.0156. The number of piperidine rings is 1. The van der Waals surface area contributed by atoms with E-state index in [1.807, 2.05) is 0 Å². The number of hydrogen-bond donors (Lipinski definition) is 2. The van der Waals surface area contributed by atoms with Crippen LogP contribution in [0, 0.1) is 17.7 Å². The highest BCUT2D eigenvalue weighted by atomic mass is 19.1. The van der Waals surface area contributed by atoms with Gasteiger partial charge in [-0.15, -0.1) is 0 Å². The summed E-state index contributed by atoms with van der Waals surface area (Å²) >= 11 is 0. The van der Waals surface area contributed by atoms with Crippen LogP contribution < -0.4 is 10.6 Å². The van der Waals surface area contributed by atoms with E-state index >= 15 is 0 Å². The molecule has 1 heterocycles. The second kappa shape index (κ2) is 10.0. The molecule has 2 N–H and O–H groups in total. The van der Waals surface area contributed by atoms with E-state index in [4.69, 9.17) is 0 Å². The number of rotatable bonds is 6. The van der Waals surface area contributed by atoms with Crippen LogP contribution in [0.4, 0.5) is 4.39 Å². The Hall–Kier alpha value is -1.95. The van der Waals surface area contributed by atoms with Gasteiger partial charge in [-0.2, -0.15) is 0 Å². The fourth-order valence-electron chi connectivity index (χ4n) is 4.28. The average Bonchev–Trinajstić information content (AvgIpc) is 2.69. The van der Waals surface area contributed by atoms with Crippen LogP contribution >= 0.6 is 0 Å². The number of nitrogens with one attached hydrogen (secondary N) is 2. The van der Waals surface area contributed by atoms with Crippen molar-refractivity contribution in [1.29, 1.82) is 0 Å². The standard InChI is InChI=1S/C22H32FN3O2/c1-16-4-2-3-5-20(16)25-21(27)15-26-12-10-18(11-13-26)22(28)24-14-17-6-8-19(23)9-7-17/h6-9,16,18,20H,2-5,10-15H2,1H3,(H,24,28)(H,25,27). The van der Waals surface area contributed by atoms with Crippen LogP contribution in [-0.2, 0) is 16.1 Å². The summed E-state index contributed by atoms with van der Waals surface area (Å²) in [5, 5.41) is 6.15. The van der Waals surface area contributed by atoms with E-state index in [0.29, 0.717) is 25.0 Å². The van der Waals surface area contributed by atoms with Gasteiger partial charge >= 0.3 is 0 Å². The molecule has 1 aliphatic carbocycles. The lowest BCUT2D eigenvalue weighted by Gasteiger charge is -2.33. The summed E-state index contributed by atoms with van der Waals surface area (Å²) < 4.78 is 12.9. The molecule has 2 unspecified atom stereocenters.